The van der Waals surface area contributed by atoms with Gasteiger partial charge in [0.1, 0.15) is 10.7 Å². The van der Waals surface area contributed by atoms with Crippen LogP contribution in [0, 0.1) is 12.7 Å². The maximum absolute atomic E-state index is 14.1. The van der Waals surface area contributed by atoms with Gasteiger partial charge in [0.15, 0.2) is 0 Å². The molecule has 19 heavy (non-hydrogen) atoms. The Balaban J connectivity index is 3.45. The van der Waals surface area contributed by atoms with Gasteiger partial charge >= 0.3 is 0 Å². The highest BCUT2D eigenvalue weighted by atomic mass is 32.2. The smallest absolute Gasteiger partial charge is 0.246 e. The van der Waals surface area contributed by atoms with Crippen LogP contribution in [0.4, 0.5) is 10.1 Å². The SMILES string of the molecule is CCC(C)(C)N(C)S(=O)(=O)c1cc(N)cc(C)c1F. The second-order valence-corrected chi connectivity index (χ2v) is 7.23. The monoisotopic (exact) mass is 288 g/mol. The lowest BCUT2D eigenvalue weighted by atomic mass is 10.0. The molecule has 4 nitrogen and oxygen atoms in total. The molecule has 0 aliphatic heterocycles. The third-order valence-corrected chi connectivity index (χ3v) is 5.67. The van der Waals surface area contributed by atoms with Crippen molar-refractivity contribution in [2.45, 2.75) is 44.6 Å². The van der Waals surface area contributed by atoms with Crippen LogP contribution in [-0.2, 0) is 10.0 Å². The van der Waals surface area contributed by atoms with Crippen LogP contribution < -0.4 is 5.73 Å². The molecule has 0 spiro atoms. The van der Waals surface area contributed by atoms with E-state index in [2.05, 4.69) is 0 Å². The fourth-order valence-electron chi connectivity index (χ4n) is 1.65. The number of hydrogen-bond acceptors (Lipinski definition) is 3. The largest absolute Gasteiger partial charge is 0.399 e. The van der Waals surface area contributed by atoms with Crippen molar-refractivity contribution < 1.29 is 12.8 Å². The van der Waals surface area contributed by atoms with E-state index in [0.29, 0.717) is 6.42 Å². The molecule has 0 bridgehead atoms. The van der Waals surface area contributed by atoms with Crippen LogP contribution >= 0.6 is 0 Å². The van der Waals surface area contributed by atoms with Gasteiger partial charge in [0.05, 0.1) is 0 Å². The molecule has 0 heterocycles. The van der Waals surface area contributed by atoms with Gasteiger partial charge in [-0.1, -0.05) is 6.92 Å². The third kappa shape index (κ3) is 2.90. The first-order valence-corrected chi connectivity index (χ1v) is 7.52. The normalized spacial score (nSPS) is 13.0. The van der Waals surface area contributed by atoms with E-state index in [4.69, 9.17) is 5.73 Å². The van der Waals surface area contributed by atoms with E-state index >= 15 is 0 Å². The van der Waals surface area contributed by atoms with Crippen molar-refractivity contribution in [3.05, 3.63) is 23.5 Å². The number of nitrogen functional groups attached to an aromatic ring is 1. The molecule has 0 saturated heterocycles. The Labute approximate surface area is 114 Å². The number of anilines is 1. The van der Waals surface area contributed by atoms with E-state index in [0.717, 1.165) is 0 Å². The van der Waals surface area contributed by atoms with Crippen molar-refractivity contribution in [3.8, 4) is 0 Å². The zero-order chi connectivity index (χ0) is 15.0. The molecule has 0 radical (unpaired) electrons. The summed E-state index contributed by atoms with van der Waals surface area (Å²) in [7, 11) is -2.45. The number of nitrogens with two attached hydrogens (primary N) is 1. The molecule has 0 aliphatic rings. The van der Waals surface area contributed by atoms with E-state index in [9.17, 15) is 12.8 Å². The minimum absolute atomic E-state index is 0.223. The first kappa shape index (κ1) is 15.9. The molecule has 0 saturated carbocycles. The highest BCUT2D eigenvalue weighted by molar-refractivity contribution is 7.89. The number of rotatable bonds is 4. The fourth-order valence-corrected chi connectivity index (χ4v) is 3.39. The second kappa shape index (κ2) is 5.09. The van der Waals surface area contributed by atoms with E-state index in [1.54, 1.807) is 13.8 Å². The van der Waals surface area contributed by atoms with Gasteiger partial charge in [0.25, 0.3) is 0 Å². The first-order chi connectivity index (χ1) is 8.54. The highest BCUT2D eigenvalue weighted by Gasteiger charge is 2.34. The summed E-state index contributed by atoms with van der Waals surface area (Å²) in [4.78, 5) is -0.367. The maximum atomic E-state index is 14.1. The van der Waals surface area contributed by atoms with E-state index in [1.165, 1.54) is 30.4 Å². The van der Waals surface area contributed by atoms with Gasteiger partial charge in [-0.05, 0) is 44.9 Å². The van der Waals surface area contributed by atoms with E-state index < -0.39 is 21.4 Å². The van der Waals surface area contributed by atoms with E-state index in [-0.39, 0.29) is 16.1 Å². The highest BCUT2D eigenvalue weighted by Crippen LogP contribution is 2.29. The molecular formula is C13H21FN2O2S. The first-order valence-electron chi connectivity index (χ1n) is 6.08. The number of sulfonamides is 1. The summed E-state index contributed by atoms with van der Waals surface area (Å²) in [6.45, 7) is 6.96. The minimum Gasteiger partial charge on any atom is -0.399 e. The van der Waals surface area contributed by atoms with Gasteiger partial charge in [0, 0.05) is 18.3 Å². The number of hydrogen-bond donors (Lipinski definition) is 1. The van der Waals surface area contributed by atoms with Gasteiger partial charge in [0.2, 0.25) is 10.0 Å². The molecule has 108 valence electrons. The molecule has 0 aromatic heterocycles. The van der Waals surface area contributed by atoms with Crippen molar-refractivity contribution in [2.75, 3.05) is 12.8 Å². The Morgan fingerprint density at radius 2 is 1.89 bits per heavy atom. The average Bonchev–Trinajstić information content (AvgIpc) is 2.32. The van der Waals surface area contributed by atoms with Gasteiger partial charge in [-0.2, -0.15) is 4.31 Å². The van der Waals surface area contributed by atoms with Gasteiger partial charge in [-0.3, -0.25) is 0 Å². The maximum Gasteiger partial charge on any atom is 0.246 e. The van der Waals surface area contributed by atoms with Crippen molar-refractivity contribution in [2.24, 2.45) is 0 Å². The van der Waals surface area contributed by atoms with Crippen molar-refractivity contribution in [3.63, 3.8) is 0 Å². The minimum atomic E-state index is -3.91. The summed E-state index contributed by atoms with van der Waals surface area (Å²) >= 11 is 0. The molecule has 1 rings (SSSR count). The molecule has 1 aromatic rings. The predicted molar refractivity (Wildman–Crippen MR) is 74.9 cm³/mol. The van der Waals surface area contributed by atoms with Crippen LogP contribution in [0.2, 0.25) is 0 Å². The van der Waals surface area contributed by atoms with Crippen LogP contribution in [0.3, 0.4) is 0 Å². The summed E-state index contributed by atoms with van der Waals surface area (Å²) in [5.74, 6) is -0.743. The zero-order valence-corrected chi connectivity index (χ0v) is 12.8. The van der Waals surface area contributed by atoms with Gasteiger partial charge in [-0.15, -0.1) is 0 Å². The molecule has 0 aliphatic carbocycles. The lowest BCUT2D eigenvalue weighted by molar-refractivity contribution is 0.256. The molecule has 0 amide bonds. The topological polar surface area (TPSA) is 63.4 Å². The van der Waals surface area contributed by atoms with Crippen molar-refractivity contribution >= 4 is 15.7 Å². The summed E-state index contributed by atoms with van der Waals surface area (Å²) in [6, 6.07) is 2.58. The number of aryl methyl sites for hydroxylation is 1. The van der Waals surface area contributed by atoms with E-state index in [1.807, 2.05) is 6.92 Å². The van der Waals surface area contributed by atoms with Crippen LogP contribution in [-0.4, -0.2) is 25.3 Å². The summed E-state index contributed by atoms with van der Waals surface area (Å²) in [5, 5.41) is 0. The van der Waals surface area contributed by atoms with Gasteiger partial charge in [-0.25, -0.2) is 12.8 Å². The van der Waals surface area contributed by atoms with Crippen LogP contribution in [0.15, 0.2) is 17.0 Å². The summed E-state index contributed by atoms with van der Waals surface area (Å²) in [5.41, 5.74) is 5.48. The van der Waals surface area contributed by atoms with Crippen LogP contribution in [0.1, 0.15) is 32.8 Å². The number of benzene rings is 1. The quantitative estimate of drug-likeness (QED) is 0.866. The molecular weight excluding hydrogens is 267 g/mol. The lowest BCUT2D eigenvalue weighted by Crippen LogP contribution is -2.44. The Bertz CT molecular complexity index is 583. The summed E-state index contributed by atoms with van der Waals surface area (Å²) < 4.78 is 40.2. The standard InChI is InChI=1S/C13H21FN2O2S/c1-6-13(3,4)16(5)19(17,18)11-8-10(15)7-9(2)12(11)14/h7-8H,6,15H2,1-5H3. The fraction of sp³-hybridized carbons (Fsp3) is 0.538. The Kier molecular flexibility index (Phi) is 4.27. The third-order valence-electron chi connectivity index (χ3n) is 3.60. The number of nitrogens with zero attached hydrogens (tertiary/aromatic N) is 1. The predicted octanol–water partition coefficient (Wildman–Crippen LogP) is 2.53. The lowest BCUT2D eigenvalue weighted by Gasteiger charge is -2.33. The van der Waals surface area contributed by atoms with Gasteiger partial charge < -0.3 is 5.73 Å². The number of halogens is 1. The van der Waals surface area contributed by atoms with Crippen LogP contribution in [0.5, 0.6) is 0 Å². The second-order valence-electron chi connectivity index (χ2n) is 5.29. The van der Waals surface area contributed by atoms with Crippen LogP contribution in [0.25, 0.3) is 0 Å². The Hall–Kier alpha value is -1.14. The Morgan fingerprint density at radius 3 is 2.37 bits per heavy atom. The molecule has 2 N–H and O–H groups in total. The Morgan fingerprint density at radius 1 is 1.37 bits per heavy atom. The molecule has 6 heteroatoms. The average molecular weight is 288 g/mol. The van der Waals surface area contributed by atoms with Crippen molar-refractivity contribution in [1.29, 1.82) is 0 Å². The molecule has 0 unspecified atom stereocenters. The van der Waals surface area contributed by atoms with Crippen molar-refractivity contribution in [1.82, 2.24) is 4.31 Å². The summed E-state index contributed by atoms with van der Waals surface area (Å²) in [6.07, 6.45) is 0.617. The molecule has 1 aromatic carbocycles. The molecule has 0 atom stereocenters. The zero-order valence-electron chi connectivity index (χ0n) is 12.0. The molecule has 0 fully saturated rings.